The average molecular weight is 426 g/mol. The maximum absolute atomic E-state index is 10.2. The summed E-state index contributed by atoms with van der Waals surface area (Å²) < 4.78 is 27.3. The van der Waals surface area contributed by atoms with Crippen LogP contribution < -0.4 is 0 Å². The zero-order valence-corrected chi connectivity index (χ0v) is 17.1. The van der Waals surface area contributed by atoms with E-state index in [9.17, 15) is 30.6 Å². The van der Waals surface area contributed by atoms with Crippen LogP contribution in [0.5, 0.6) is 0 Å². The molecule has 0 unspecified atom stereocenters. The number of aliphatic hydroxyl groups excluding tert-OH is 6. The number of aliphatic hydroxyl groups is 6. The fourth-order valence-electron chi connectivity index (χ4n) is 3.10. The Kier molecular flexibility index (Phi) is 9.19. The molecule has 0 aromatic rings. The fourth-order valence-corrected chi connectivity index (χ4v) is 3.10. The predicted molar refractivity (Wildman–Crippen MR) is 96.6 cm³/mol. The zero-order valence-electron chi connectivity index (χ0n) is 17.1. The van der Waals surface area contributed by atoms with Gasteiger partial charge in [0.1, 0.15) is 48.8 Å². The molecule has 0 aliphatic carbocycles. The third kappa shape index (κ3) is 6.28. The second-order valence-corrected chi connectivity index (χ2v) is 7.93. The molecule has 2 rings (SSSR count). The first-order chi connectivity index (χ1) is 13.5. The van der Waals surface area contributed by atoms with Crippen molar-refractivity contribution in [2.45, 2.75) is 101 Å². The van der Waals surface area contributed by atoms with E-state index >= 15 is 0 Å². The van der Waals surface area contributed by atoms with Crippen molar-refractivity contribution in [2.75, 3.05) is 13.2 Å². The number of ether oxygens (including phenoxy) is 5. The van der Waals surface area contributed by atoms with E-state index < -0.39 is 61.4 Å². The highest BCUT2D eigenvalue weighted by Gasteiger charge is 2.47. The van der Waals surface area contributed by atoms with Crippen molar-refractivity contribution in [3.63, 3.8) is 0 Å². The van der Waals surface area contributed by atoms with E-state index in [1.807, 2.05) is 0 Å². The monoisotopic (exact) mass is 426 g/mol. The van der Waals surface area contributed by atoms with Gasteiger partial charge in [0.05, 0.1) is 25.4 Å². The van der Waals surface area contributed by atoms with Crippen LogP contribution >= 0.6 is 0 Å². The molecule has 2 fully saturated rings. The first-order valence-electron chi connectivity index (χ1n) is 9.80. The molecule has 6 N–H and O–H groups in total. The quantitative estimate of drug-likeness (QED) is 0.242. The standard InChI is InChI=1S/C18H34O11/c1-7(2)25-5-9-11(19)13(21)15(23)17(28-9)26-6-10-12(20)14(22)16(24)18(29-10)27-8(3)4/h7-24H,5-6H2,1-4H3/t9-,10-,11-,12-,13+,14+,15-,16-,17+,18-/m1/s1. The molecule has 2 aliphatic heterocycles. The number of rotatable bonds is 8. The molecule has 0 aromatic heterocycles. The van der Waals surface area contributed by atoms with E-state index in [0.717, 1.165) is 0 Å². The van der Waals surface area contributed by atoms with Crippen LogP contribution in [0.1, 0.15) is 27.7 Å². The van der Waals surface area contributed by atoms with E-state index in [2.05, 4.69) is 0 Å². The van der Waals surface area contributed by atoms with Gasteiger partial charge in [0.25, 0.3) is 0 Å². The Labute approximate surface area is 169 Å². The van der Waals surface area contributed by atoms with Gasteiger partial charge in [-0.05, 0) is 27.7 Å². The van der Waals surface area contributed by atoms with E-state index in [0.29, 0.717) is 0 Å². The van der Waals surface area contributed by atoms with Gasteiger partial charge in [0.15, 0.2) is 12.6 Å². The lowest BCUT2D eigenvalue weighted by Crippen LogP contribution is -2.62. The number of hydrogen-bond donors (Lipinski definition) is 6. The molecule has 0 amide bonds. The molecule has 0 saturated carbocycles. The Morgan fingerprint density at radius 1 is 0.621 bits per heavy atom. The molecular formula is C18H34O11. The van der Waals surface area contributed by atoms with Crippen LogP contribution in [0.4, 0.5) is 0 Å². The zero-order chi connectivity index (χ0) is 21.9. The SMILES string of the molecule is CC(C)OC[C@H]1O[C@H](OC[C@H]2O[C@@H](OC(C)C)[C@H](O)[C@@H](O)[C@@H]2O)[C@H](O)[C@@H](O)[C@@H]1O. The minimum Gasteiger partial charge on any atom is -0.387 e. The fraction of sp³-hybridized carbons (Fsp3) is 1.00. The normalized spacial score (nSPS) is 43.9. The van der Waals surface area contributed by atoms with Gasteiger partial charge >= 0.3 is 0 Å². The van der Waals surface area contributed by atoms with Crippen LogP contribution in [-0.4, -0.2) is 117 Å². The van der Waals surface area contributed by atoms with Gasteiger partial charge < -0.3 is 54.3 Å². The summed E-state index contributed by atoms with van der Waals surface area (Å²) in [6.45, 7) is 6.66. The van der Waals surface area contributed by atoms with Crippen molar-refractivity contribution in [2.24, 2.45) is 0 Å². The predicted octanol–water partition coefficient (Wildman–Crippen LogP) is -2.53. The van der Waals surface area contributed by atoms with Crippen LogP contribution in [0.15, 0.2) is 0 Å². The summed E-state index contributed by atoms with van der Waals surface area (Å²) >= 11 is 0. The second-order valence-electron chi connectivity index (χ2n) is 7.93. The van der Waals surface area contributed by atoms with Crippen molar-refractivity contribution in [1.29, 1.82) is 0 Å². The largest absolute Gasteiger partial charge is 0.387 e. The lowest BCUT2D eigenvalue weighted by atomic mass is 9.98. The van der Waals surface area contributed by atoms with Gasteiger partial charge in [-0.25, -0.2) is 0 Å². The summed E-state index contributed by atoms with van der Waals surface area (Å²) in [5.74, 6) is 0. The van der Waals surface area contributed by atoms with Gasteiger partial charge in [-0.2, -0.15) is 0 Å². The molecular weight excluding hydrogens is 392 g/mol. The third-order valence-corrected chi connectivity index (χ3v) is 4.76. The van der Waals surface area contributed by atoms with Crippen molar-refractivity contribution in [1.82, 2.24) is 0 Å². The molecule has 2 aliphatic rings. The van der Waals surface area contributed by atoms with Crippen LogP contribution in [0, 0.1) is 0 Å². The van der Waals surface area contributed by atoms with Crippen LogP contribution in [0.25, 0.3) is 0 Å². The van der Waals surface area contributed by atoms with Gasteiger partial charge in [-0.15, -0.1) is 0 Å². The molecule has 11 heteroatoms. The highest BCUT2D eigenvalue weighted by atomic mass is 16.7. The Hall–Kier alpha value is -0.440. The van der Waals surface area contributed by atoms with E-state index in [-0.39, 0.29) is 25.4 Å². The van der Waals surface area contributed by atoms with Crippen molar-refractivity contribution >= 4 is 0 Å². The second kappa shape index (κ2) is 10.7. The number of hydrogen-bond acceptors (Lipinski definition) is 11. The summed E-state index contributed by atoms with van der Waals surface area (Å²) in [5, 5.41) is 60.5. The molecule has 0 spiro atoms. The van der Waals surface area contributed by atoms with E-state index in [1.54, 1.807) is 27.7 Å². The smallest absolute Gasteiger partial charge is 0.186 e. The minimum absolute atomic E-state index is 0.0275. The Morgan fingerprint density at radius 3 is 1.62 bits per heavy atom. The molecule has 0 radical (unpaired) electrons. The molecule has 10 atom stereocenters. The summed E-state index contributed by atoms with van der Waals surface area (Å²) in [4.78, 5) is 0. The van der Waals surface area contributed by atoms with Crippen LogP contribution in [0.3, 0.4) is 0 Å². The van der Waals surface area contributed by atoms with Crippen molar-refractivity contribution < 1.29 is 54.3 Å². The highest BCUT2D eigenvalue weighted by molar-refractivity contribution is 4.91. The molecule has 0 bridgehead atoms. The average Bonchev–Trinajstić information content (AvgIpc) is 2.65. The van der Waals surface area contributed by atoms with Gasteiger partial charge in [-0.3, -0.25) is 0 Å². The molecule has 172 valence electrons. The summed E-state index contributed by atoms with van der Waals surface area (Å²) in [6, 6.07) is 0. The molecule has 2 saturated heterocycles. The first-order valence-corrected chi connectivity index (χ1v) is 9.80. The Balaban J connectivity index is 1.98. The molecule has 2 heterocycles. The maximum atomic E-state index is 10.2. The Bertz CT molecular complexity index is 490. The lowest BCUT2D eigenvalue weighted by molar-refractivity contribution is -0.335. The molecule has 11 nitrogen and oxygen atoms in total. The van der Waals surface area contributed by atoms with Crippen LogP contribution in [0.2, 0.25) is 0 Å². The molecule has 29 heavy (non-hydrogen) atoms. The highest BCUT2D eigenvalue weighted by Crippen LogP contribution is 2.26. The van der Waals surface area contributed by atoms with Crippen molar-refractivity contribution in [3.8, 4) is 0 Å². The topological polar surface area (TPSA) is 168 Å². The van der Waals surface area contributed by atoms with Crippen LogP contribution in [-0.2, 0) is 23.7 Å². The molecule has 0 aromatic carbocycles. The van der Waals surface area contributed by atoms with Gasteiger partial charge in [0.2, 0.25) is 0 Å². The third-order valence-electron chi connectivity index (χ3n) is 4.76. The van der Waals surface area contributed by atoms with E-state index in [1.165, 1.54) is 0 Å². The summed E-state index contributed by atoms with van der Waals surface area (Å²) in [7, 11) is 0. The lowest BCUT2D eigenvalue weighted by Gasteiger charge is -2.43. The van der Waals surface area contributed by atoms with Gasteiger partial charge in [-0.1, -0.05) is 0 Å². The first kappa shape index (κ1) is 24.8. The summed E-state index contributed by atoms with van der Waals surface area (Å²) in [5.41, 5.74) is 0. The summed E-state index contributed by atoms with van der Waals surface area (Å²) in [6.07, 6.45) is -13.9. The van der Waals surface area contributed by atoms with E-state index in [4.69, 9.17) is 23.7 Å². The minimum atomic E-state index is -1.56. The van der Waals surface area contributed by atoms with Gasteiger partial charge in [0, 0.05) is 0 Å². The van der Waals surface area contributed by atoms with Crippen molar-refractivity contribution in [3.05, 3.63) is 0 Å². The maximum Gasteiger partial charge on any atom is 0.186 e. The Morgan fingerprint density at radius 2 is 1.10 bits per heavy atom.